The Balaban J connectivity index is 1.81. The van der Waals surface area contributed by atoms with Crippen molar-refractivity contribution in [1.29, 1.82) is 0 Å². The summed E-state index contributed by atoms with van der Waals surface area (Å²) in [6.07, 6.45) is 0.976. The maximum absolute atomic E-state index is 12.1. The Morgan fingerprint density at radius 1 is 1.48 bits per heavy atom. The number of hydrogen-bond acceptors (Lipinski definition) is 6. The summed E-state index contributed by atoms with van der Waals surface area (Å²) in [4.78, 5) is 14.8. The van der Waals surface area contributed by atoms with E-state index in [1.807, 2.05) is 0 Å². The van der Waals surface area contributed by atoms with Crippen LogP contribution in [0.1, 0.15) is 24.6 Å². The number of rotatable bonds is 6. The minimum Gasteiger partial charge on any atom is -0.481 e. The van der Waals surface area contributed by atoms with Gasteiger partial charge in [0, 0.05) is 26.1 Å². The molecular formula is C11H18N4O5S. The summed E-state index contributed by atoms with van der Waals surface area (Å²) in [5.74, 6) is -0.451. The molecule has 10 heteroatoms. The number of aliphatic carboxylic acids is 1. The van der Waals surface area contributed by atoms with Crippen LogP contribution in [0.25, 0.3) is 0 Å². The fourth-order valence-corrected chi connectivity index (χ4v) is 3.40. The summed E-state index contributed by atoms with van der Waals surface area (Å²) in [7, 11) is -3.60. The van der Waals surface area contributed by atoms with E-state index >= 15 is 0 Å². The van der Waals surface area contributed by atoms with E-state index in [0.29, 0.717) is 31.0 Å². The molecule has 1 fully saturated rings. The molecule has 2 rings (SSSR count). The second-order valence-corrected chi connectivity index (χ2v) is 6.65. The van der Waals surface area contributed by atoms with Crippen LogP contribution in [0.15, 0.2) is 4.52 Å². The molecule has 0 radical (unpaired) electrons. The van der Waals surface area contributed by atoms with Gasteiger partial charge in [0.1, 0.15) is 0 Å². The van der Waals surface area contributed by atoms with Gasteiger partial charge >= 0.3 is 5.97 Å². The summed E-state index contributed by atoms with van der Waals surface area (Å²) >= 11 is 0. The van der Waals surface area contributed by atoms with Gasteiger partial charge in [-0.15, -0.1) is 0 Å². The number of carboxylic acid groups (broad SMARTS) is 1. The zero-order valence-electron chi connectivity index (χ0n) is 11.7. The van der Waals surface area contributed by atoms with Gasteiger partial charge in [0.15, 0.2) is 5.82 Å². The summed E-state index contributed by atoms with van der Waals surface area (Å²) in [5, 5.41) is 12.5. The molecule has 0 unspecified atom stereocenters. The van der Waals surface area contributed by atoms with Crippen molar-refractivity contribution in [3.05, 3.63) is 11.7 Å². The lowest BCUT2D eigenvalue weighted by atomic mass is 9.99. The van der Waals surface area contributed by atoms with E-state index in [9.17, 15) is 13.2 Å². The molecule has 1 aromatic heterocycles. The molecule has 2 N–H and O–H groups in total. The standard InChI is InChI=1S/C11H18N4O5S/c1-8-13-10(20-14-8)2-5-12-21(18,19)15-6-3-9(4-7-15)11(16)17/h9,12H,2-7H2,1H3,(H,16,17). The Hall–Kier alpha value is -1.52. The van der Waals surface area contributed by atoms with Crippen LogP contribution in [0.3, 0.4) is 0 Å². The van der Waals surface area contributed by atoms with Gasteiger partial charge in [-0.1, -0.05) is 5.16 Å². The van der Waals surface area contributed by atoms with Crippen LogP contribution in [0.2, 0.25) is 0 Å². The Labute approximate surface area is 122 Å². The lowest BCUT2D eigenvalue weighted by Gasteiger charge is -2.29. The molecule has 9 nitrogen and oxygen atoms in total. The van der Waals surface area contributed by atoms with Crippen LogP contribution in [-0.4, -0.2) is 53.6 Å². The molecule has 1 aromatic rings. The SMILES string of the molecule is Cc1noc(CCNS(=O)(=O)N2CCC(C(=O)O)CC2)n1. The van der Waals surface area contributed by atoms with E-state index in [2.05, 4.69) is 14.9 Å². The molecule has 0 atom stereocenters. The molecule has 0 amide bonds. The smallest absolute Gasteiger partial charge is 0.306 e. The highest BCUT2D eigenvalue weighted by Crippen LogP contribution is 2.19. The first kappa shape index (κ1) is 15.9. The minimum atomic E-state index is -3.60. The van der Waals surface area contributed by atoms with Crippen LogP contribution < -0.4 is 4.72 Å². The quantitative estimate of drug-likeness (QED) is 0.727. The molecule has 0 aromatic carbocycles. The van der Waals surface area contributed by atoms with Crippen molar-refractivity contribution in [2.45, 2.75) is 26.2 Å². The highest BCUT2D eigenvalue weighted by atomic mass is 32.2. The third kappa shape index (κ3) is 4.22. The summed E-state index contributed by atoms with van der Waals surface area (Å²) in [6, 6.07) is 0. The van der Waals surface area contributed by atoms with Crippen molar-refractivity contribution in [1.82, 2.24) is 19.2 Å². The number of aryl methyl sites for hydroxylation is 1. The van der Waals surface area contributed by atoms with E-state index < -0.39 is 22.1 Å². The van der Waals surface area contributed by atoms with Crippen molar-refractivity contribution >= 4 is 16.2 Å². The van der Waals surface area contributed by atoms with Crippen molar-refractivity contribution in [3.8, 4) is 0 Å². The first-order valence-corrected chi connectivity index (χ1v) is 8.09. The molecule has 1 aliphatic heterocycles. The van der Waals surface area contributed by atoms with Crippen LogP contribution in [0.5, 0.6) is 0 Å². The van der Waals surface area contributed by atoms with Crippen LogP contribution >= 0.6 is 0 Å². The predicted molar refractivity (Wildman–Crippen MR) is 71.6 cm³/mol. The average Bonchev–Trinajstić information content (AvgIpc) is 2.84. The maximum atomic E-state index is 12.1. The lowest BCUT2D eigenvalue weighted by Crippen LogP contribution is -2.46. The highest BCUT2D eigenvalue weighted by Gasteiger charge is 2.30. The van der Waals surface area contributed by atoms with Crippen LogP contribution in [-0.2, 0) is 21.4 Å². The topological polar surface area (TPSA) is 126 Å². The van der Waals surface area contributed by atoms with Gasteiger partial charge in [-0.3, -0.25) is 4.79 Å². The van der Waals surface area contributed by atoms with Crippen molar-refractivity contribution in [2.75, 3.05) is 19.6 Å². The summed E-state index contributed by atoms with van der Waals surface area (Å²) < 4.78 is 32.7. The van der Waals surface area contributed by atoms with Gasteiger partial charge in [0.2, 0.25) is 5.89 Å². The largest absolute Gasteiger partial charge is 0.481 e. The summed E-state index contributed by atoms with van der Waals surface area (Å²) in [5.41, 5.74) is 0. The third-order valence-electron chi connectivity index (χ3n) is 3.34. The minimum absolute atomic E-state index is 0.156. The number of nitrogens with one attached hydrogen (secondary N) is 1. The molecular weight excluding hydrogens is 300 g/mol. The molecule has 118 valence electrons. The Bertz CT molecular complexity index is 592. The van der Waals surface area contributed by atoms with Crippen LogP contribution in [0.4, 0.5) is 0 Å². The van der Waals surface area contributed by atoms with Gasteiger partial charge in [0.05, 0.1) is 5.92 Å². The van der Waals surface area contributed by atoms with Gasteiger partial charge < -0.3 is 9.63 Å². The van der Waals surface area contributed by atoms with E-state index in [1.165, 1.54) is 4.31 Å². The van der Waals surface area contributed by atoms with Gasteiger partial charge in [0.25, 0.3) is 10.2 Å². The predicted octanol–water partition coefficient (Wildman–Crippen LogP) is -0.448. The third-order valence-corrected chi connectivity index (χ3v) is 4.95. The zero-order chi connectivity index (χ0) is 15.5. The number of nitrogens with zero attached hydrogens (tertiary/aromatic N) is 3. The number of hydrogen-bond donors (Lipinski definition) is 2. The monoisotopic (exact) mass is 318 g/mol. The van der Waals surface area contributed by atoms with Gasteiger partial charge in [-0.05, 0) is 19.8 Å². The van der Waals surface area contributed by atoms with Crippen LogP contribution in [0, 0.1) is 12.8 Å². The fourth-order valence-electron chi connectivity index (χ4n) is 2.16. The zero-order valence-corrected chi connectivity index (χ0v) is 12.5. The Morgan fingerprint density at radius 3 is 2.67 bits per heavy atom. The van der Waals surface area contributed by atoms with Gasteiger partial charge in [-0.25, -0.2) is 4.72 Å². The first-order chi connectivity index (χ1) is 9.88. The van der Waals surface area contributed by atoms with Crippen molar-refractivity contribution in [3.63, 3.8) is 0 Å². The number of carbonyl (C=O) groups is 1. The van der Waals surface area contributed by atoms with Gasteiger partial charge in [-0.2, -0.15) is 17.7 Å². The van der Waals surface area contributed by atoms with Crippen molar-refractivity contribution < 1.29 is 22.8 Å². The Kier molecular flexibility index (Phi) is 4.91. The normalized spacial score (nSPS) is 18.0. The number of carboxylic acids is 1. The number of piperidine rings is 1. The van der Waals surface area contributed by atoms with E-state index in [-0.39, 0.29) is 19.6 Å². The van der Waals surface area contributed by atoms with Crippen molar-refractivity contribution in [2.24, 2.45) is 5.92 Å². The molecule has 0 spiro atoms. The highest BCUT2D eigenvalue weighted by molar-refractivity contribution is 7.87. The van der Waals surface area contributed by atoms with E-state index in [0.717, 1.165) is 0 Å². The molecule has 1 aliphatic rings. The average molecular weight is 318 g/mol. The lowest BCUT2D eigenvalue weighted by molar-refractivity contribution is -0.142. The molecule has 21 heavy (non-hydrogen) atoms. The second-order valence-electron chi connectivity index (χ2n) is 4.90. The molecule has 0 saturated carbocycles. The Morgan fingerprint density at radius 2 is 2.14 bits per heavy atom. The molecule has 0 bridgehead atoms. The molecule has 0 aliphatic carbocycles. The molecule has 2 heterocycles. The maximum Gasteiger partial charge on any atom is 0.306 e. The number of aromatic nitrogens is 2. The fraction of sp³-hybridized carbons (Fsp3) is 0.727. The first-order valence-electron chi connectivity index (χ1n) is 6.65. The van der Waals surface area contributed by atoms with E-state index in [4.69, 9.17) is 9.63 Å². The summed E-state index contributed by atoms with van der Waals surface area (Å²) in [6.45, 7) is 2.27. The van der Waals surface area contributed by atoms with E-state index in [1.54, 1.807) is 6.92 Å². The molecule has 1 saturated heterocycles. The second kappa shape index (κ2) is 6.50.